The van der Waals surface area contributed by atoms with E-state index in [4.69, 9.17) is 0 Å². The number of amides is 1. The van der Waals surface area contributed by atoms with Gasteiger partial charge < -0.3 is 9.80 Å². The minimum atomic E-state index is -0.434. The minimum absolute atomic E-state index is 0.139. The minimum Gasteiger partial charge on any atom is -0.350 e. The number of anilines is 1. The molecule has 1 aromatic carbocycles. The molecule has 2 fully saturated rings. The molecule has 2 aliphatic heterocycles. The summed E-state index contributed by atoms with van der Waals surface area (Å²) in [4.78, 5) is 27.8. The predicted molar refractivity (Wildman–Crippen MR) is 108 cm³/mol. The summed E-state index contributed by atoms with van der Waals surface area (Å²) >= 11 is 0. The van der Waals surface area contributed by atoms with Gasteiger partial charge in [0.15, 0.2) is 5.82 Å². The fourth-order valence-corrected chi connectivity index (χ4v) is 4.38. The van der Waals surface area contributed by atoms with Crippen LogP contribution in [0.3, 0.4) is 0 Å². The van der Waals surface area contributed by atoms with Gasteiger partial charge in [-0.15, -0.1) is 0 Å². The molecule has 1 amide bonds. The zero-order valence-electron chi connectivity index (χ0n) is 16.9. The molecule has 154 valence electrons. The average molecular weight is 407 g/mol. The third kappa shape index (κ3) is 3.10. The van der Waals surface area contributed by atoms with Crippen molar-refractivity contribution in [2.75, 3.05) is 24.5 Å². The van der Waals surface area contributed by atoms with Gasteiger partial charge in [0.2, 0.25) is 0 Å². The Bertz CT molecular complexity index is 1100. The molecule has 30 heavy (non-hydrogen) atoms. The van der Waals surface area contributed by atoms with Crippen molar-refractivity contribution < 1.29 is 9.18 Å². The second-order valence-corrected chi connectivity index (χ2v) is 7.92. The summed E-state index contributed by atoms with van der Waals surface area (Å²) in [6.07, 6.45) is 5.71. The second kappa shape index (κ2) is 7.16. The average Bonchev–Trinajstić information content (AvgIpc) is 3.26. The van der Waals surface area contributed by atoms with E-state index in [1.165, 1.54) is 35.4 Å². The molecule has 4 heterocycles. The number of carbonyl (C=O) groups excluding carboxylic acids is 1. The number of nitrogens with zero attached hydrogens (tertiary/aromatic N) is 7. The number of rotatable bonds is 3. The maximum absolute atomic E-state index is 13.9. The lowest BCUT2D eigenvalue weighted by molar-refractivity contribution is 0.0590. The largest absolute Gasteiger partial charge is 0.350 e. The molecule has 0 radical (unpaired) electrons. The molecule has 9 heteroatoms. The van der Waals surface area contributed by atoms with Gasteiger partial charge in [0.1, 0.15) is 11.5 Å². The molecular weight excluding hydrogens is 385 g/mol. The monoisotopic (exact) mass is 407 g/mol. The lowest BCUT2D eigenvalue weighted by atomic mass is 9.82. The van der Waals surface area contributed by atoms with Crippen molar-refractivity contribution in [2.45, 2.75) is 26.3 Å². The highest BCUT2D eigenvalue weighted by Gasteiger charge is 2.45. The highest BCUT2D eigenvalue weighted by Crippen LogP contribution is 2.37. The van der Waals surface area contributed by atoms with Crippen molar-refractivity contribution in [2.24, 2.45) is 5.92 Å². The molecular formula is C21H22FN7O. The first kappa shape index (κ1) is 18.7. The molecule has 2 aromatic heterocycles. The number of halogens is 1. The van der Waals surface area contributed by atoms with Crippen LogP contribution in [0.25, 0.3) is 5.69 Å². The summed E-state index contributed by atoms with van der Waals surface area (Å²) in [5.74, 6) is 0.862. The Kier molecular flexibility index (Phi) is 4.45. The molecule has 0 N–H and O–H groups in total. The van der Waals surface area contributed by atoms with Crippen molar-refractivity contribution in [3.63, 3.8) is 0 Å². The second-order valence-electron chi connectivity index (χ2n) is 7.92. The van der Waals surface area contributed by atoms with Crippen LogP contribution in [-0.2, 0) is 0 Å². The van der Waals surface area contributed by atoms with E-state index in [0.29, 0.717) is 30.3 Å². The molecule has 0 bridgehead atoms. The Morgan fingerprint density at radius 2 is 1.97 bits per heavy atom. The number of piperidine rings is 1. The lowest BCUT2D eigenvalue weighted by Crippen LogP contribution is -2.65. The Morgan fingerprint density at radius 1 is 1.17 bits per heavy atom. The molecule has 0 saturated carbocycles. The Morgan fingerprint density at radius 3 is 2.77 bits per heavy atom. The van der Waals surface area contributed by atoms with E-state index in [-0.39, 0.29) is 11.9 Å². The summed E-state index contributed by atoms with van der Waals surface area (Å²) in [7, 11) is 0. The van der Waals surface area contributed by atoms with Crippen LogP contribution in [0, 0.1) is 25.6 Å². The van der Waals surface area contributed by atoms with Gasteiger partial charge in [-0.3, -0.25) is 9.78 Å². The predicted octanol–water partition coefficient (Wildman–Crippen LogP) is 2.16. The van der Waals surface area contributed by atoms with Gasteiger partial charge in [0.25, 0.3) is 5.91 Å². The maximum Gasteiger partial charge on any atom is 0.256 e. The topological polar surface area (TPSA) is 80.0 Å². The fraction of sp³-hybridized carbons (Fsp3) is 0.381. The van der Waals surface area contributed by atoms with E-state index in [1.807, 2.05) is 18.7 Å². The number of aryl methyl sites for hydroxylation is 2. The number of hydrogen-bond donors (Lipinski definition) is 0. The van der Waals surface area contributed by atoms with Crippen LogP contribution in [0.15, 0.2) is 36.8 Å². The van der Waals surface area contributed by atoms with Crippen LogP contribution >= 0.6 is 0 Å². The van der Waals surface area contributed by atoms with Crippen LogP contribution in [0.5, 0.6) is 0 Å². The number of fused-ring (bicyclic) bond motifs is 1. The van der Waals surface area contributed by atoms with E-state index < -0.39 is 5.82 Å². The quantitative estimate of drug-likeness (QED) is 0.662. The molecule has 5 rings (SSSR count). The van der Waals surface area contributed by atoms with Crippen molar-refractivity contribution >= 4 is 11.7 Å². The molecule has 0 aliphatic carbocycles. The van der Waals surface area contributed by atoms with Crippen LogP contribution < -0.4 is 4.90 Å². The summed E-state index contributed by atoms with van der Waals surface area (Å²) in [5.41, 5.74) is 2.51. The van der Waals surface area contributed by atoms with E-state index in [0.717, 1.165) is 30.2 Å². The summed E-state index contributed by atoms with van der Waals surface area (Å²) in [6, 6.07) is 4.32. The van der Waals surface area contributed by atoms with Gasteiger partial charge in [-0.2, -0.15) is 15.0 Å². The van der Waals surface area contributed by atoms with E-state index in [1.54, 1.807) is 6.20 Å². The van der Waals surface area contributed by atoms with E-state index in [2.05, 4.69) is 25.1 Å². The third-order valence-corrected chi connectivity index (χ3v) is 5.99. The first-order valence-corrected chi connectivity index (χ1v) is 10.0. The number of aromatic nitrogens is 5. The van der Waals surface area contributed by atoms with Crippen molar-refractivity contribution in [3.05, 3.63) is 59.6 Å². The standard InChI is InChI=1S/C21H22FN7O/c1-13-10-23-14(2)20(26-13)28-11-15-5-8-27(12-19(15)28)21(30)17-4-3-16(22)9-18(17)29-24-6-7-25-29/h3-4,6-7,9-10,15,19H,5,8,11-12H2,1-2H3. The lowest BCUT2D eigenvalue weighted by Gasteiger charge is -2.54. The zero-order valence-corrected chi connectivity index (χ0v) is 16.9. The first-order chi connectivity index (χ1) is 14.5. The highest BCUT2D eigenvalue weighted by molar-refractivity contribution is 5.97. The molecule has 0 spiro atoms. The maximum atomic E-state index is 13.9. The summed E-state index contributed by atoms with van der Waals surface area (Å²) in [5, 5.41) is 8.14. The van der Waals surface area contributed by atoms with Crippen molar-refractivity contribution in [1.82, 2.24) is 29.9 Å². The molecule has 3 aromatic rings. The van der Waals surface area contributed by atoms with Crippen LogP contribution in [-0.4, -0.2) is 61.4 Å². The smallest absolute Gasteiger partial charge is 0.256 e. The van der Waals surface area contributed by atoms with Gasteiger partial charge in [-0.1, -0.05) is 0 Å². The zero-order chi connectivity index (χ0) is 20.8. The van der Waals surface area contributed by atoms with Gasteiger partial charge in [-0.05, 0) is 32.4 Å². The van der Waals surface area contributed by atoms with Gasteiger partial charge in [0.05, 0.1) is 35.4 Å². The fourth-order valence-electron chi connectivity index (χ4n) is 4.38. The highest BCUT2D eigenvalue weighted by atomic mass is 19.1. The molecule has 2 saturated heterocycles. The molecule has 2 unspecified atom stereocenters. The van der Waals surface area contributed by atoms with Gasteiger partial charge in [-0.25, -0.2) is 9.37 Å². The number of carbonyl (C=O) groups is 1. The number of hydrogen-bond acceptors (Lipinski definition) is 6. The van der Waals surface area contributed by atoms with E-state index in [9.17, 15) is 9.18 Å². The first-order valence-electron chi connectivity index (χ1n) is 10.0. The SMILES string of the molecule is Cc1cnc(C)c(N2CC3CCN(C(=O)c4ccc(F)cc4-n4nccn4)CC32)n1. The Hall–Kier alpha value is -3.36. The number of likely N-dealkylation sites (tertiary alicyclic amines) is 1. The summed E-state index contributed by atoms with van der Waals surface area (Å²) < 4.78 is 13.9. The summed E-state index contributed by atoms with van der Waals surface area (Å²) in [6.45, 7) is 6.11. The normalized spacial score (nSPS) is 20.6. The van der Waals surface area contributed by atoms with Gasteiger partial charge in [0, 0.05) is 37.8 Å². The van der Waals surface area contributed by atoms with Gasteiger partial charge >= 0.3 is 0 Å². The van der Waals surface area contributed by atoms with Crippen LogP contribution in [0.4, 0.5) is 10.2 Å². The molecule has 2 atom stereocenters. The number of benzene rings is 1. The van der Waals surface area contributed by atoms with Crippen molar-refractivity contribution in [1.29, 1.82) is 0 Å². The Balaban J connectivity index is 1.40. The molecule has 8 nitrogen and oxygen atoms in total. The van der Waals surface area contributed by atoms with Crippen LogP contribution in [0.2, 0.25) is 0 Å². The van der Waals surface area contributed by atoms with Crippen molar-refractivity contribution in [3.8, 4) is 5.69 Å². The third-order valence-electron chi connectivity index (χ3n) is 5.99. The molecule has 2 aliphatic rings. The Labute approximate surface area is 173 Å². The van der Waals surface area contributed by atoms with E-state index >= 15 is 0 Å². The van der Waals surface area contributed by atoms with Crippen LogP contribution in [0.1, 0.15) is 28.2 Å².